The number of benzene rings is 1. The number of anilines is 1. The molecule has 8 nitrogen and oxygen atoms in total. The van der Waals surface area contributed by atoms with E-state index in [1.165, 1.54) is 5.01 Å². The van der Waals surface area contributed by atoms with Crippen LogP contribution in [0.3, 0.4) is 0 Å². The van der Waals surface area contributed by atoms with Gasteiger partial charge in [-0.05, 0) is 37.6 Å². The quantitative estimate of drug-likeness (QED) is 0.842. The summed E-state index contributed by atoms with van der Waals surface area (Å²) in [5.41, 5.74) is 1.99. The van der Waals surface area contributed by atoms with Crippen LogP contribution in [0.15, 0.2) is 35.6 Å². The Morgan fingerprint density at radius 2 is 2.11 bits per heavy atom. The highest BCUT2D eigenvalue weighted by Crippen LogP contribution is 2.24. The lowest BCUT2D eigenvalue weighted by molar-refractivity contribution is -0.133. The zero-order valence-corrected chi connectivity index (χ0v) is 16.4. The maximum absolute atomic E-state index is 12.7. The Labute approximate surface area is 163 Å². The van der Waals surface area contributed by atoms with Gasteiger partial charge in [0.25, 0.3) is 5.91 Å². The summed E-state index contributed by atoms with van der Waals surface area (Å²) >= 11 is 0. The van der Waals surface area contributed by atoms with Gasteiger partial charge < -0.3 is 9.88 Å². The Balaban J connectivity index is 1.52. The van der Waals surface area contributed by atoms with E-state index in [9.17, 15) is 18.0 Å². The largest absolute Gasteiger partial charge is 0.348 e. The van der Waals surface area contributed by atoms with Gasteiger partial charge in [-0.15, -0.1) is 0 Å². The number of nitrogens with one attached hydrogen (secondary N) is 1. The fourth-order valence-corrected chi connectivity index (χ4v) is 5.44. The number of rotatable bonds is 4. The first-order valence-corrected chi connectivity index (χ1v) is 11.2. The molecule has 1 fully saturated rings. The topological polar surface area (TPSA) is 101 Å². The van der Waals surface area contributed by atoms with Crippen LogP contribution >= 0.6 is 0 Å². The number of aryl methyl sites for hydroxylation is 1. The number of fused-ring (bicyclic) bond motifs is 1. The lowest BCUT2D eigenvalue weighted by Crippen LogP contribution is -2.42. The predicted molar refractivity (Wildman–Crippen MR) is 107 cm³/mol. The number of hydrogen-bond donors (Lipinski definition) is 1. The number of carbonyl (C=O) groups is 2. The number of aromatic nitrogens is 1. The van der Waals surface area contributed by atoms with Crippen molar-refractivity contribution >= 4 is 44.0 Å². The third-order valence-corrected chi connectivity index (χ3v) is 7.00. The highest BCUT2D eigenvalue weighted by atomic mass is 32.2. The van der Waals surface area contributed by atoms with Crippen molar-refractivity contribution in [1.29, 1.82) is 0 Å². The molecule has 1 saturated heterocycles. The molecule has 0 aliphatic carbocycles. The molecule has 1 atom stereocenters. The van der Waals surface area contributed by atoms with Crippen molar-refractivity contribution < 1.29 is 18.0 Å². The van der Waals surface area contributed by atoms with Gasteiger partial charge in [-0.1, -0.05) is 0 Å². The normalized spacial score (nSPS) is 21.8. The van der Waals surface area contributed by atoms with Crippen LogP contribution in [0.25, 0.3) is 10.9 Å². The second-order valence-electron chi connectivity index (χ2n) is 7.17. The molecule has 0 radical (unpaired) electrons. The molecule has 1 unspecified atom stereocenters. The van der Waals surface area contributed by atoms with Crippen LogP contribution < -0.4 is 5.32 Å². The maximum atomic E-state index is 12.7. The van der Waals surface area contributed by atoms with E-state index in [0.717, 1.165) is 17.4 Å². The number of sulfone groups is 1. The Hall–Kier alpha value is -2.68. The smallest absolute Gasteiger partial charge is 0.271 e. The third kappa shape index (κ3) is 3.54. The summed E-state index contributed by atoms with van der Waals surface area (Å²) in [6.45, 7) is 2.94. The fraction of sp³-hybridized carbons (Fsp3) is 0.421. The third-order valence-electron chi connectivity index (χ3n) is 5.25. The van der Waals surface area contributed by atoms with E-state index in [1.807, 2.05) is 30.5 Å². The van der Waals surface area contributed by atoms with Gasteiger partial charge in [0, 0.05) is 42.2 Å². The van der Waals surface area contributed by atoms with Crippen molar-refractivity contribution in [2.75, 3.05) is 16.8 Å². The van der Waals surface area contributed by atoms with E-state index in [4.69, 9.17) is 0 Å². The first kappa shape index (κ1) is 18.7. The van der Waals surface area contributed by atoms with Gasteiger partial charge in [-0.2, -0.15) is 5.10 Å². The zero-order valence-electron chi connectivity index (χ0n) is 15.6. The molecule has 0 saturated carbocycles. The number of nitrogens with zero attached hydrogens (tertiary/aromatic N) is 3. The molecule has 0 bridgehead atoms. The Kier molecular flexibility index (Phi) is 4.70. The van der Waals surface area contributed by atoms with Gasteiger partial charge in [-0.25, -0.2) is 13.4 Å². The molecule has 1 aromatic heterocycles. The molecule has 1 aromatic carbocycles. The molecular formula is C19H22N4O4S. The summed E-state index contributed by atoms with van der Waals surface area (Å²) < 4.78 is 25.5. The minimum Gasteiger partial charge on any atom is -0.348 e. The lowest BCUT2D eigenvalue weighted by Gasteiger charge is -2.27. The molecule has 2 aliphatic heterocycles. The Morgan fingerprint density at radius 1 is 1.29 bits per heavy atom. The Bertz CT molecular complexity index is 1090. The van der Waals surface area contributed by atoms with Crippen molar-refractivity contribution in [2.24, 2.45) is 5.10 Å². The van der Waals surface area contributed by atoms with Gasteiger partial charge in [-0.3, -0.25) is 9.59 Å². The summed E-state index contributed by atoms with van der Waals surface area (Å²) in [7, 11) is -3.14. The highest BCUT2D eigenvalue weighted by molar-refractivity contribution is 7.91. The predicted octanol–water partition coefficient (Wildman–Crippen LogP) is 1.77. The van der Waals surface area contributed by atoms with Crippen molar-refractivity contribution in [3.05, 3.63) is 30.5 Å². The lowest BCUT2D eigenvalue weighted by atomic mass is 10.1. The molecule has 3 heterocycles. The summed E-state index contributed by atoms with van der Waals surface area (Å²) in [5, 5.41) is 9.27. The van der Waals surface area contributed by atoms with E-state index >= 15 is 0 Å². The van der Waals surface area contributed by atoms with Crippen LogP contribution in [0.5, 0.6) is 0 Å². The summed E-state index contributed by atoms with van der Waals surface area (Å²) in [4.78, 5) is 24.8. The van der Waals surface area contributed by atoms with Crippen LogP contribution in [-0.2, 0) is 26.0 Å². The fourth-order valence-electron chi connectivity index (χ4n) is 3.75. The van der Waals surface area contributed by atoms with Crippen molar-refractivity contribution in [2.45, 2.75) is 38.8 Å². The van der Waals surface area contributed by atoms with Crippen LogP contribution in [-0.4, -0.2) is 53.1 Å². The molecular weight excluding hydrogens is 380 g/mol. The number of hydrazone groups is 1. The first-order chi connectivity index (χ1) is 13.4. The SMILES string of the molecule is CCn1ccc2cc(NC(=O)C3=NN(C4CCS(=O)(=O)C4)C(=O)CC3)ccc21. The maximum Gasteiger partial charge on any atom is 0.271 e. The van der Waals surface area contributed by atoms with Crippen LogP contribution in [0.1, 0.15) is 26.2 Å². The van der Waals surface area contributed by atoms with Gasteiger partial charge >= 0.3 is 0 Å². The minimum absolute atomic E-state index is 0.0515. The van der Waals surface area contributed by atoms with Crippen LogP contribution in [0.4, 0.5) is 5.69 Å². The second kappa shape index (κ2) is 7.05. The van der Waals surface area contributed by atoms with Gasteiger partial charge in [0.2, 0.25) is 5.91 Å². The van der Waals surface area contributed by atoms with Gasteiger partial charge in [0.1, 0.15) is 5.71 Å². The molecule has 1 N–H and O–H groups in total. The number of amides is 2. The number of carbonyl (C=O) groups excluding carboxylic acids is 2. The molecule has 2 aromatic rings. The molecule has 9 heteroatoms. The molecule has 148 valence electrons. The van der Waals surface area contributed by atoms with E-state index in [1.54, 1.807) is 0 Å². The van der Waals surface area contributed by atoms with E-state index in [2.05, 4.69) is 21.9 Å². The molecule has 2 amide bonds. The Morgan fingerprint density at radius 3 is 2.82 bits per heavy atom. The van der Waals surface area contributed by atoms with E-state index < -0.39 is 15.9 Å². The first-order valence-electron chi connectivity index (χ1n) is 9.36. The zero-order chi connectivity index (χ0) is 19.9. The molecule has 2 aliphatic rings. The van der Waals surface area contributed by atoms with Gasteiger partial charge in [0.15, 0.2) is 9.84 Å². The minimum atomic E-state index is -3.14. The van der Waals surface area contributed by atoms with E-state index in [-0.39, 0.29) is 41.9 Å². The molecule has 0 spiro atoms. The average molecular weight is 402 g/mol. The summed E-state index contributed by atoms with van der Waals surface area (Å²) in [5.74, 6) is -0.647. The molecule has 28 heavy (non-hydrogen) atoms. The van der Waals surface area contributed by atoms with Crippen molar-refractivity contribution in [1.82, 2.24) is 9.58 Å². The van der Waals surface area contributed by atoms with E-state index in [0.29, 0.717) is 12.1 Å². The second-order valence-corrected chi connectivity index (χ2v) is 9.40. The number of hydrogen-bond acceptors (Lipinski definition) is 5. The van der Waals surface area contributed by atoms with Gasteiger partial charge in [0.05, 0.1) is 17.5 Å². The molecule has 4 rings (SSSR count). The van der Waals surface area contributed by atoms with Crippen molar-refractivity contribution in [3.63, 3.8) is 0 Å². The summed E-state index contributed by atoms with van der Waals surface area (Å²) in [6, 6.07) is 7.20. The summed E-state index contributed by atoms with van der Waals surface area (Å²) in [6.07, 6.45) is 2.76. The highest BCUT2D eigenvalue weighted by Gasteiger charge is 2.37. The van der Waals surface area contributed by atoms with Crippen LogP contribution in [0, 0.1) is 0 Å². The van der Waals surface area contributed by atoms with Crippen molar-refractivity contribution in [3.8, 4) is 0 Å². The standard InChI is InChI=1S/C19H22N4O4S/c1-2-22-9-7-13-11-14(3-5-17(13)22)20-19(25)16-4-6-18(24)23(21-16)15-8-10-28(26,27)12-15/h3,5,7,9,11,15H,2,4,6,8,10,12H2,1H3,(H,20,25). The van der Waals surface area contributed by atoms with Crippen LogP contribution in [0.2, 0.25) is 0 Å². The average Bonchev–Trinajstić information content (AvgIpc) is 3.24. The monoisotopic (exact) mass is 402 g/mol.